The second kappa shape index (κ2) is 9.44. The van der Waals surface area contributed by atoms with Gasteiger partial charge in [0.2, 0.25) is 5.95 Å². The van der Waals surface area contributed by atoms with E-state index in [0.717, 1.165) is 28.5 Å². The number of halogens is 2. The average molecular weight is 515 g/mol. The summed E-state index contributed by atoms with van der Waals surface area (Å²) < 4.78 is 15.7. The Bertz CT molecular complexity index is 1650. The standard InChI is InChI=1S/C28H24ClFN6O/c1-18-5-2-6-19(15-18)25-32-33-26-23-10-9-21(29)17-24(23)31-28(36(25)26)35-12-4-11-34(13-14-35)27(37)20-7-3-8-22(30)16-20/h2-3,5-10,15-17H,4,11-14H2,1H3. The highest BCUT2D eigenvalue weighted by atomic mass is 35.5. The summed E-state index contributed by atoms with van der Waals surface area (Å²) in [6.07, 6.45) is 0.736. The van der Waals surface area contributed by atoms with Crippen molar-refractivity contribution in [2.24, 2.45) is 0 Å². The van der Waals surface area contributed by atoms with Gasteiger partial charge in [0.05, 0.1) is 5.52 Å². The van der Waals surface area contributed by atoms with Crippen molar-refractivity contribution < 1.29 is 9.18 Å². The number of anilines is 1. The van der Waals surface area contributed by atoms with Crippen LogP contribution < -0.4 is 4.90 Å². The molecule has 3 heterocycles. The number of fused-ring (bicyclic) bond motifs is 3. The SMILES string of the molecule is Cc1cccc(-c2nnc3c4ccc(Cl)cc4nc(N4CCCN(C(=O)c5cccc(F)c5)CC4)n23)c1. The molecule has 186 valence electrons. The Kier molecular flexibility index (Phi) is 5.96. The molecule has 1 amide bonds. The first kappa shape index (κ1) is 23.4. The monoisotopic (exact) mass is 514 g/mol. The van der Waals surface area contributed by atoms with Crippen molar-refractivity contribution in [1.29, 1.82) is 0 Å². The van der Waals surface area contributed by atoms with Crippen molar-refractivity contribution in [3.63, 3.8) is 0 Å². The Morgan fingerprint density at radius 3 is 2.65 bits per heavy atom. The van der Waals surface area contributed by atoms with Crippen LogP contribution in [0.1, 0.15) is 22.3 Å². The van der Waals surface area contributed by atoms with Crippen molar-refractivity contribution >= 4 is 40.0 Å². The molecule has 0 aliphatic carbocycles. The van der Waals surface area contributed by atoms with E-state index in [-0.39, 0.29) is 5.91 Å². The summed E-state index contributed by atoms with van der Waals surface area (Å²) in [5, 5.41) is 10.6. The fraction of sp³-hybridized carbons (Fsp3) is 0.214. The summed E-state index contributed by atoms with van der Waals surface area (Å²) in [6, 6.07) is 19.6. The number of rotatable bonds is 3. The lowest BCUT2D eigenvalue weighted by Gasteiger charge is -2.24. The van der Waals surface area contributed by atoms with Gasteiger partial charge in [0.1, 0.15) is 5.82 Å². The van der Waals surface area contributed by atoms with Gasteiger partial charge in [0, 0.05) is 47.7 Å². The number of hydrogen-bond acceptors (Lipinski definition) is 5. The number of aryl methyl sites for hydroxylation is 1. The minimum atomic E-state index is -0.417. The summed E-state index contributed by atoms with van der Waals surface area (Å²) >= 11 is 6.31. The van der Waals surface area contributed by atoms with Crippen LogP contribution in [0, 0.1) is 12.7 Å². The number of amides is 1. The van der Waals surface area contributed by atoms with Crippen LogP contribution in [0.4, 0.5) is 10.3 Å². The summed E-state index contributed by atoms with van der Waals surface area (Å²) in [5.74, 6) is 0.816. The lowest BCUT2D eigenvalue weighted by molar-refractivity contribution is 0.0766. The molecule has 9 heteroatoms. The highest BCUT2D eigenvalue weighted by Crippen LogP contribution is 2.30. The van der Waals surface area contributed by atoms with Crippen LogP contribution in [0.5, 0.6) is 0 Å². The van der Waals surface area contributed by atoms with E-state index in [4.69, 9.17) is 16.6 Å². The quantitative estimate of drug-likeness (QED) is 0.322. The first-order valence-electron chi connectivity index (χ1n) is 12.2. The fourth-order valence-corrected chi connectivity index (χ4v) is 5.07. The van der Waals surface area contributed by atoms with Crippen molar-refractivity contribution in [2.45, 2.75) is 13.3 Å². The van der Waals surface area contributed by atoms with Crippen molar-refractivity contribution in [2.75, 3.05) is 31.1 Å². The third kappa shape index (κ3) is 4.38. The number of carbonyl (C=O) groups excluding carboxylic acids is 1. The molecule has 6 rings (SSSR count). The zero-order valence-electron chi connectivity index (χ0n) is 20.2. The molecular formula is C28H24ClFN6O. The molecule has 0 bridgehead atoms. The van der Waals surface area contributed by atoms with Crippen LogP contribution >= 0.6 is 11.6 Å². The average Bonchev–Trinajstić information content (AvgIpc) is 3.19. The van der Waals surface area contributed by atoms with Gasteiger partial charge in [-0.15, -0.1) is 10.2 Å². The van der Waals surface area contributed by atoms with E-state index in [1.807, 2.05) is 47.7 Å². The van der Waals surface area contributed by atoms with Gasteiger partial charge in [-0.3, -0.25) is 4.79 Å². The van der Waals surface area contributed by atoms with E-state index in [9.17, 15) is 9.18 Å². The molecule has 0 saturated carbocycles. The van der Waals surface area contributed by atoms with Gasteiger partial charge in [-0.25, -0.2) is 13.8 Å². The van der Waals surface area contributed by atoms with E-state index < -0.39 is 5.82 Å². The first-order valence-corrected chi connectivity index (χ1v) is 12.6. The van der Waals surface area contributed by atoms with Gasteiger partial charge in [-0.1, -0.05) is 41.4 Å². The number of carbonyl (C=O) groups is 1. The van der Waals surface area contributed by atoms with E-state index in [0.29, 0.717) is 54.2 Å². The Morgan fingerprint density at radius 2 is 1.81 bits per heavy atom. The van der Waals surface area contributed by atoms with Gasteiger partial charge in [0.25, 0.3) is 5.91 Å². The molecule has 0 N–H and O–H groups in total. The summed E-state index contributed by atoms with van der Waals surface area (Å²) in [7, 11) is 0. The second-order valence-electron chi connectivity index (χ2n) is 9.27. The maximum atomic E-state index is 13.7. The van der Waals surface area contributed by atoms with Crippen LogP contribution in [0.2, 0.25) is 5.02 Å². The molecule has 0 atom stereocenters. The minimum Gasteiger partial charge on any atom is -0.340 e. The molecule has 0 radical (unpaired) electrons. The van der Waals surface area contributed by atoms with Gasteiger partial charge in [-0.2, -0.15) is 0 Å². The molecule has 0 unspecified atom stereocenters. The van der Waals surface area contributed by atoms with Crippen LogP contribution in [0.3, 0.4) is 0 Å². The first-order chi connectivity index (χ1) is 18.0. The van der Waals surface area contributed by atoms with Crippen molar-refractivity contribution in [1.82, 2.24) is 24.5 Å². The molecule has 1 aliphatic heterocycles. The molecule has 2 aromatic heterocycles. The molecule has 7 nitrogen and oxygen atoms in total. The van der Waals surface area contributed by atoms with Crippen LogP contribution in [0.15, 0.2) is 66.7 Å². The number of nitrogens with zero attached hydrogens (tertiary/aromatic N) is 6. The maximum Gasteiger partial charge on any atom is 0.254 e. The normalized spacial score (nSPS) is 14.4. The molecular weight excluding hydrogens is 491 g/mol. The fourth-order valence-electron chi connectivity index (χ4n) is 4.90. The van der Waals surface area contributed by atoms with Crippen LogP contribution in [-0.2, 0) is 0 Å². The molecule has 0 spiro atoms. The van der Waals surface area contributed by atoms with E-state index >= 15 is 0 Å². The van der Waals surface area contributed by atoms with E-state index in [1.54, 1.807) is 17.0 Å². The summed E-state index contributed by atoms with van der Waals surface area (Å²) in [4.78, 5) is 22.0. The smallest absolute Gasteiger partial charge is 0.254 e. The zero-order valence-corrected chi connectivity index (χ0v) is 21.0. The van der Waals surface area contributed by atoms with Crippen LogP contribution in [-0.4, -0.2) is 56.6 Å². The number of benzene rings is 3. The highest BCUT2D eigenvalue weighted by Gasteiger charge is 2.25. The Labute approximate surface area is 218 Å². The molecule has 1 fully saturated rings. The molecule has 5 aromatic rings. The van der Waals surface area contributed by atoms with E-state index in [1.165, 1.54) is 12.1 Å². The minimum absolute atomic E-state index is 0.172. The Hall–Kier alpha value is -4.04. The van der Waals surface area contributed by atoms with Gasteiger partial charge >= 0.3 is 0 Å². The van der Waals surface area contributed by atoms with Crippen molar-refractivity contribution in [3.8, 4) is 11.4 Å². The number of hydrogen-bond donors (Lipinski definition) is 0. The van der Waals surface area contributed by atoms with Gasteiger partial charge < -0.3 is 9.80 Å². The third-order valence-electron chi connectivity index (χ3n) is 6.70. The lowest BCUT2D eigenvalue weighted by atomic mass is 10.1. The predicted molar refractivity (Wildman–Crippen MR) is 143 cm³/mol. The molecule has 1 aliphatic rings. The zero-order chi connectivity index (χ0) is 25.5. The largest absolute Gasteiger partial charge is 0.340 e. The van der Waals surface area contributed by atoms with E-state index in [2.05, 4.69) is 21.2 Å². The van der Waals surface area contributed by atoms with Crippen LogP contribution in [0.25, 0.3) is 27.9 Å². The highest BCUT2D eigenvalue weighted by molar-refractivity contribution is 6.31. The Morgan fingerprint density at radius 1 is 0.946 bits per heavy atom. The van der Waals surface area contributed by atoms with Gasteiger partial charge in [0.15, 0.2) is 11.5 Å². The maximum absolute atomic E-state index is 13.7. The number of aromatic nitrogens is 4. The van der Waals surface area contributed by atoms with Crippen molar-refractivity contribution in [3.05, 3.63) is 88.7 Å². The predicted octanol–water partition coefficient (Wildman–Crippen LogP) is 5.40. The third-order valence-corrected chi connectivity index (χ3v) is 6.93. The topological polar surface area (TPSA) is 66.6 Å². The molecule has 3 aromatic carbocycles. The molecule has 37 heavy (non-hydrogen) atoms. The Balaban J connectivity index is 1.42. The van der Waals surface area contributed by atoms with Gasteiger partial charge in [-0.05, 0) is 55.8 Å². The summed E-state index contributed by atoms with van der Waals surface area (Å²) in [6.45, 7) is 4.34. The lowest BCUT2D eigenvalue weighted by Crippen LogP contribution is -2.36. The second-order valence-corrected chi connectivity index (χ2v) is 9.70. The molecule has 1 saturated heterocycles. The summed E-state index contributed by atoms with van der Waals surface area (Å²) in [5.41, 5.74) is 3.86.